The van der Waals surface area contributed by atoms with E-state index in [1.165, 1.54) is 43.9 Å². The highest BCUT2D eigenvalue weighted by atomic mass is 19.4. The number of carbonyl (C=O) groups is 4. The number of hydrogen-bond acceptors (Lipinski definition) is 5. The molecule has 216 valence electrons. The minimum Gasteiger partial charge on any atom is -0.339 e. The van der Waals surface area contributed by atoms with Gasteiger partial charge in [0.15, 0.2) is 0 Å². The van der Waals surface area contributed by atoms with Crippen molar-refractivity contribution in [1.29, 1.82) is 5.26 Å². The predicted molar refractivity (Wildman–Crippen MR) is 134 cm³/mol. The Morgan fingerprint density at radius 2 is 1.85 bits per heavy atom. The molecule has 2 aliphatic heterocycles. The van der Waals surface area contributed by atoms with Crippen LogP contribution in [0.4, 0.5) is 23.2 Å². The second-order valence-corrected chi connectivity index (χ2v) is 12.4. The Balaban J connectivity index is 1.55. The highest BCUT2D eigenvalue weighted by molar-refractivity contribution is 6.03. The van der Waals surface area contributed by atoms with Crippen molar-refractivity contribution in [3.05, 3.63) is 29.6 Å². The summed E-state index contributed by atoms with van der Waals surface area (Å²) in [7, 11) is 0. The van der Waals surface area contributed by atoms with Crippen LogP contribution in [0.2, 0.25) is 0 Å². The number of nitriles is 1. The molecule has 4 rings (SSSR count). The largest absolute Gasteiger partial charge is 0.471 e. The summed E-state index contributed by atoms with van der Waals surface area (Å²) in [5.41, 5.74) is -0.692. The van der Waals surface area contributed by atoms with E-state index in [2.05, 4.69) is 10.6 Å². The molecule has 2 heterocycles. The van der Waals surface area contributed by atoms with Crippen LogP contribution in [0.15, 0.2) is 18.2 Å². The van der Waals surface area contributed by atoms with Crippen molar-refractivity contribution in [3.8, 4) is 6.07 Å². The molecule has 1 aromatic carbocycles. The van der Waals surface area contributed by atoms with Gasteiger partial charge in [-0.05, 0) is 52.8 Å². The second kappa shape index (κ2) is 9.74. The fourth-order valence-electron chi connectivity index (χ4n) is 6.01. The number of carbonyl (C=O) groups excluding carboxylic acids is 4. The lowest BCUT2D eigenvalue weighted by atomic mass is 9.85. The first kappa shape index (κ1) is 29.3. The van der Waals surface area contributed by atoms with Crippen LogP contribution < -0.4 is 16.0 Å². The van der Waals surface area contributed by atoms with Crippen molar-refractivity contribution in [3.63, 3.8) is 0 Å². The van der Waals surface area contributed by atoms with Gasteiger partial charge >= 0.3 is 12.1 Å². The molecule has 13 heteroatoms. The van der Waals surface area contributed by atoms with E-state index in [9.17, 15) is 42.0 Å². The van der Waals surface area contributed by atoms with Crippen LogP contribution in [0.1, 0.15) is 52.5 Å². The number of anilines is 1. The quantitative estimate of drug-likeness (QED) is 0.457. The molecule has 40 heavy (non-hydrogen) atoms. The molecule has 1 aliphatic carbocycles. The average molecular weight is 566 g/mol. The Hall–Kier alpha value is -3.69. The van der Waals surface area contributed by atoms with Gasteiger partial charge in [-0.2, -0.15) is 18.4 Å². The summed E-state index contributed by atoms with van der Waals surface area (Å²) in [6.07, 6.45) is -5.36. The van der Waals surface area contributed by atoms with Gasteiger partial charge in [-0.1, -0.05) is 34.6 Å². The standard InChI is InChI=1S/C27H31F4N5O4/c1-25(2,3)20(35-24(40)27(29,30)31)23(39)36-11-16-18(26(16,4)5)19(36)22(38)33-13(10-32)9-15-14-8-12(28)6-7-17(14)34-21(15)37/h6-8,13,15-16,18-20H,9,11H2,1-5H3,(H,33,38)(H,34,37)(H,35,40)/t13-,15?,16-,18-,19-,20?/m0/s1. The van der Waals surface area contributed by atoms with E-state index in [0.29, 0.717) is 11.3 Å². The van der Waals surface area contributed by atoms with Crippen molar-refractivity contribution in [2.45, 2.75) is 71.3 Å². The second-order valence-electron chi connectivity index (χ2n) is 12.4. The van der Waals surface area contributed by atoms with Gasteiger partial charge in [-0.15, -0.1) is 0 Å². The maximum absolute atomic E-state index is 13.8. The minimum atomic E-state index is -5.20. The molecule has 1 saturated heterocycles. The topological polar surface area (TPSA) is 131 Å². The molecule has 2 fully saturated rings. The molecule has 3 N–H and O–H groups in total. The van der Waals surface area contributed by atoms with Crippen molar-refractivity contribution in [2.75, 3.05) is 11.9 Å². The first-order chi connectivity index (χ1) is 18.4. The predicted octanol–water partition coefficient (Wildman–Crippen LogP) is 2.84. The highest BCUT2D eigenvalue weighted by Gasteiger charge is 2.70. The maximum Gasteiger partial charge on any atom is 0.471 e. The van der Waals surface area contributed by atoms with Gasteiger partial charge in [0, 0.05) is 12.2 Å². The van der Waals surface area contributed by atoms with E-state index in [4.69, 9.17) is 0 Å². The number of fused-ring (bicyclic) bond motifs is 2. The molecule has 6 atom stereocenters. The van der Waals surface area contributed by atoms with E-state index in [-0.39, 0.29) is 30.2 Å². The third-order valence-corrected chi connectivity index (χ3v) is 8.31. The fourth-order valence-corrected chi connectivity index (χ4v) is 6.01. The molecule has 1 aromatic rings. The lowest BCUT2D eigenvalue weighted by molar-refractivity contribution is -0.176. The smallest absolute Gasteiger partial charge is 0.339 e. The molecule has 0 spiro atoms. The summed E-state index contributed by atoms with van der Waals surface area (Å²) < 4.78 is 52.9. The van der Waals surface area contributed by atoms with Gasteiger partial charge in [0.05, 0.1) is 12.0 Å². The van der Waals surface area contributed by atoms with Gasteiger partial charge in [-0.25, -0.2) is 4.39 Å². The Morgan fingerprint density at radius 1 is 1.20 bits per heavy atom. The van der Waals surface area contributed by atoms with Crippen molar-refractivity contribution in [1.82, 2.24) is 15.5 Å². The van der Waals surface area contributed by atoms with Crippen molar-refractivity contribution in [2.24, 2.45) is 22.7 Å². The first-order valence-corrected chi connectivity index (χ1v) is 12.9. The molecule has 1 saturated carbocycles. The van der Waals surface area contributed by atoms with Crippen LogP contribution in [0.5, 0.6) is 0 Å². The van der Waals surface area contributed by atoms with E-state index in [0.717, 1.165) is 0 Å². The number of alkyl halides is 3. The van der Waals surface area contributed by atoms with Gasteiger partial charge in [-0.3, -0.25) is 19.2 Å². The molecule has 2 unspecified atom stereocenters. The summed E-state index contributed by atoms with van der Waals surface area (Å²) in [5, 5.41) is 16.8. The molecule has 0 aromatic heterocycles. The third kappa shape index (κ3) is 5.23. The zero-order valence-electron chi connectivity index (χ0n) is 22.6. The fraction of sp³-hybridized carbons (Fsp3) is 0.593. The normalized spacial score (nSPS) is 26.1. The Kier molecular flexibility index (Phi) is 7.14. The average Bonchev–Trinajstić information content (AvgIpc) is 3.14. The SMILES string of the molecule is CC(C)(C)C(NC(=O)C(F)(F)F)C(=O)N1C[C@H]2[C@@H]([C@H]1C(=O)N[C@H](C#N)CC1C(=O)Nc3ccc(F)cc31)C2(C)C. The highest BCUT2D eigenvalue weighted by Crippen LogP contribution is 2.65. The zero-order valence-corrected chi connectivity index (χ0v) is 22.6. The van der Waals surface area contributed by atoms with E-state index >= 15 is 0 Å². The summed E-state index contributed by atoms with van der Waals surface area (Å²) in [6, 6.07) is 1.87. The zero-order chi connectivity index (χ0) is 29.9. The summed E-state index contributed by atoms with van der Waals surface area (Å²) in [5.74, 6) is -6.13. The van der Waals surface area contributed by atoms with Crippen LogP contribution in [0, 0.1) is 39.8 Å². The molecular formula is C27H31F4N5O4. The number of amides is 4. The van der Waals surface area contributed by atoms with Gasteiger partial charge in [0.2, 0.25) is 17.7 Å². The Labute approximate surface area is 228 Å². The third-order valence-electron chi connectivity index (χ3n) is 8.31. The van der Waals surface area contributed by atoms with Crippen molar-refractivity contribution >= 4 is 29.3 Å². The molecular weight excluding hydrogens is 534 g/mol. The number of rotatable bonds is 6. The molecule has 3 aliphatic rings. The number of nitrogens with zero attached hydrogens (tertiary/aromatic N) is 2. The maximum atomic E-state index is 13.8. The lowest BCUT2D eigenvalue weighted by Crippen LogP contribution is -2.61. The van der Waals surface area contributed by atoms with Crippen LogP contribution in [-0.4, -0.2) is 59.4 Å². The summed E-state index contributed by atoms with van der Waals surface area (Å²) in [4.78, 5) is 52.6. The van der Waals surface area contributed by atoms with Gasteiger partial charge in [0.1, 0.15) is 23.9 Å². The van der Waals surface area contributed by atoms with Gasteiger partial charge < -0.3 is 20.9 Å². The first-order valence-electron chi connectivity index (χ1n) is 12.9. The number of likely N-dealkylation sites (tertiary alicyclic amines) is 1. The van der Waals surface area contributed by atoms with Crippen molar-refractivity contribution < 1.29 is 36.7 Å². The Bertz CT molecular complexity index is 1300. The number of nitrogens with one attached hydrogen (secondary N) is 3. The number of hydrogen-bond donors (Lipinski definition) is 3. The lowest BCUT2D eigenvalue weighted by Gasteiger charge is -2.37. The molecule has 0 radical (unpaired) electrons. The van der Waals surface area contributed by atoms with Crippen LogP contribution in [-0.2, 0) is 19.2 Å². The van der Waals surface area contributed by atoms with E-state index in [1.807, 2.05) is 19.9 Å². The number of benzene rings is 1. The number of piperidine rings is 1. The number of halogens is 4. The molecule has 0 bridgehead atoms. The van der Waals surface area contributed by atoms with E-state index < -0.39 is 65.1 Å². The summed E-state index contributed by atoms with van der Waals surface area (Å²) in [6.45, 7) is 8.42. The molecule has 9 nitrogen and oxygen atoms in total. The van der Waals surface area contributed by atoms with Crippen LogP contribution >= 0.6 is 0 Å². The summed E-state index contributed by atoms with van der Waals surface area (Å²) >= 11 is 0. The minimum absolute atomic E-state index is 0.0952. The Morgan fingerprint density at radius 3 is 2.42 bits per heavy atom. The van der Waals surface area contributed by atoms with E-state index in [1.54, 1.807) is 5.32 Å². The molecule has 4 amide bonds. The van der Waals surface area contributed by atoms with Crippen LogP contribution in [0.3, 0.4) is 0 Å². The monoisotopic (exact) mass is 565 g/mol. The van der Waals surface area contributed by atoms with Crippen LogP contribution in [0.25, 0.3) is 0 Å². The van der Waals surface area contributed by atoms with Gasteiger partial charge in [0.25, 0.3) is 0 Å².